The van der Waals surface area contributed by atoms with Crippen LogP contribution in [-0.4, -0.2) is 16.5 Å². The van der Waals surface area contributed by atoms with Gasteiger partial charge in [0.2, 0.25) is 0 Å². The van der Waals surface area contributed by atoms with Gasteiger partial charge in [0, 0.05) is 17.5 Å². The van der Waals surface area contributed by atoms with E-state index in [1.165, 1.54) is 18.1 Å². The van der Waals surface area contributed by atoms with Crippen LogP contribution in [0.1, 0.15) is 6.92 Å². The molecule has 0 fully saturated rings. The van der Waals surface area contributed by atoms with E-state index in [1.807, 2.05) is 25.1 Å². The highest BCUT2D eigenvalue weighted by atomic mass is 35.5. The fourth-order valence-corrected chi connectivity index (χ4v) is 2.52. The molecule has 2 aromatic rings. The summed E-state index contributed by atoms with van der Waals surface area (Å²) in [5.74, 6) is 0.815. The molecular formula is C12H11Cl2N3S. The lowest BCUT2D eigenvalue weighted by Gasteiger charge is -2.05. The Hall–Kier alpha value is -0.970. The Bertz CT molecular complexity index is 549. The number of anilines is 1. The predicted octanol–water partition coefficient (Wildman–Crippen LogP) is 4.37. The molecule has 0 aliphatic rings. The molecule has 94 valence electrons. The van der Waals surface area contributed by atoms with Crippen LogP contribution in [0.2, 0.25) is 10.0 Å². The lowest BCUT2D eigenvalue weighted by Crippen LogP contribution is -1.99. The molecule has 0 amide bonds. The van der Waals surface area contributed by atoms with Crippen LogP contribution in [0.5, 0.6) is 0 Å². The van der Waals surface area contributed by atoms with Crippen molar-refractivity contribution in [1.82, 2.24) is 9.97 Å². The Morgan fingerprint density at radius 3 is 2.72 bits per heavy atom. The van der Waals surface area contributed by atoms with Gasteiger partial charge in [0.25, 0.3) is 0 Å². The van der Waals surface area contributed by atoms with Crippen LogP contribution in [0.15, 0.2) is 40.5 Å². The molecular weight excluding hydrogens is 289 g/mol. The van der Waals surface area contributed by atoms with E-state index in [4.69, 9.17) is 23.2 Å². The second-order valence-electron chi connectivity index (χ2n) is 3.45. The Morgan fingerprint density at radius 1 is 1.17 bits per heavy atom. The molecule has 0 unspecified atom stereocenters. The smallest absolute Gasteiger partial charge is 0.130 e. The van der Waals surface area contributed by atoms with Gasteiger partial charge < -0.3 is 5.32 Å². The van der Waals surface area contributed by atoms with Crippen LogP contribution in [0, 0.1) is 0 Å². The molecule has 0 saturated heterocycles. The third kappa shape index (κ3) is 3.51. The fraction of sp³-hybridized carbons (Fsp3) is 0.167. The van der Waals surface area contributed by atoms with Gasteiger partial charge in [-0.25, -0.2) is 9.97 Å². The topological polar surface area (TPSA) is 37.8 Å². The molecule has 1 N–H and O–H groups in total. The summed E-state index contributed by atoms with van der Waals surface area (Å²) in [5, 5.41) is 5.10. The maximum atomic E-state index is 5.97. The maximum Gasteiger partial charge on any atom is 0.130 e. The monoisotopic (exact) mass is 299 g/mol. The first kappa shape index (κ1) is 13.5. The summed E-state index contributed by atoms with van der Waals surface area (Å²) in [4.78, 5) is 9.32. The molecule has 3 nitrogen and oxygen atoms in total. The predicted molar refractivity (Wildman–Crippen MR) is 76.8 cm³/mol. The van der Waals surface area contributed by atoms with Crippen molar-refractivity contribution in [2.45, 2.75) is 16.8 Å². The van der Waals surface area contributed by atoms with Crippen molar-refractivity contribution >= 4 is 40.8 Å². The molecule has 0 saturated carbocycles. The van der Waals surface area contributed by atoms with Gasteiger partial charge in [-0.2, -0.15) is 0 Å². The van der Waals surface area contributed by atoms with Crippen LogP contribution < -0.4 is 5.32 Å². The number of hydrogen-bond acceptors (Lipinski definition) is 4. The molecule has 0 bridgehead atoms. The van der Waals surface area contributed by atoms with E-state index in [2.05, 4.69) is 15.3 Å². The summed E-state index contributed by atoms with van der Waals surface area (Å²) in [6.07, 6.45) is 1.54. The van der Waals surface area contributed by atoms with E-state index < -0.39 is 0 Å². The van der Waals surface area contributed by atoms with Crippen LogP contribution in [-0.2, 0) is 0 Å². The summed E-state index contributed by atoms with van der Waals surface area (Å²) < 4.78 is 0. The molecule has 0 atom stereocenters. The van der Waals surface area contributed by atoms with E-state index in [0.29, 0.717) is 10.0 Å². The van der Waals surface area contributed by atoms with Gasteiger partial charge in [0.15, 0.2) is 0 Å². The van der Waals surface area contributed by atoms with Gasteiger partial charge >= 0.3 is 0 Å². The van der Waals surface area contributed by atoms with Gasteiger partial charge in [-0.1, -0.05) is 35.0 Å². The van der Waals surface area contributed by atoms with Gasteiger partial charge in [0.05, 0.1) is 10.0 Å². The maximum absolute atomic E-state index is 5.97. The van der Waals surface area contributed by atoms with Crippen LogP contribution in [0.4, 0.5) is 5.82 Å². The van der Waals surface area contributed by atoms with E-state index in [-0.39, 0.29) is 0 Å². The van der Waals surface area contributed by atoms with Crippen molar-refractivity contribution in [3.05, 3.63) is 40.6 Å². The van der Waals surface area contributed by atoms with Gasteiger partial charge in [0.1, 0.15) is 17.2 Å². The van der Waals surface area contributed by atoms with Crippen molar-refractivity contribution in [3.63, 3.8) is 0 Å². The first-order chi connectivity index (χ1) is 8.69. The third-order valence-corrected chi connectivity index (χ3v) is 3.77. The normalized spacial score (nSPS) is 10.4. The number of rotatable bonds is 4. The highest BCUT2D eigenvalue weighted by Crippen LogP contribution is 2.31. The van der Waals surface area contributed by atoms with Crippen LogP contribution >= 0.6 is 35.0 Å². The molecule has 0 aliphatic carbocycles. The number of halogens is 2. The summed E-state index contributed by atoms with van der Waals surface area (Å²) in [6.45, 7) is 2.85. The van der Waals surface area contributed by atoms with Crippen molar-refractivity contribution in [2.24, 2.45) is 0 Å². The number of aromatic nitrogens is 2. The number of nitrogens with zero attached hydrogens (tertiary/aromatic N) is 2. The summed E-state index contributed by atoms with van der Waals surface area (Å²) in [5.41, 5.74) is 0. The van der Waals surface area contributed by atoms with Crippen LogP contribution in [0.25, 0.3) is 0 Å². The molecule has 6 heteroatoms. The lowest BCUT2D eigenvalue weighted by molar-refractivity contribution is 1.03. The van der Waals surface area contributed by atoms with Crippen molar-refractivity contribution in [3.8, 4) is 0 Å². The lowest BCUT2D eigenvalue weighted by atomic mass is 10.4. The van der Waals surface area contributed by atoms with Gasteiger partial charge in [-0.3, -0.25) is 0 Å². The minimum Gasteiger partial charge on any atom is -0.370 e. The number of benzene rings is 1. The van der Waals surface area contributed by atoms with E-state index in [9.17, 15) is 0 Å². The minimum atomic E-state index is 0.544. The first-order valence-electron chi connectivity index (χ1n) is 5.38. The fourth-order valence-electron chi connectivity index (χ4n) is 1.33. The second kappa shape index (κ2) is 6.27. The Balaban J connectivity index is 2.17. The first-order valence-corrected chi connectivity index (χ1v) is 6.95. The Labute approximate surface area is 120 Å². The summed E-state index contributed by atoms with van der Waals surface area (Å²) in [6, 6.07) is 7.41. The van der Waals surface area contributed by atoms with Crippen molar-refractivity contribution in [1.29, 1.82) is 0 Å². The molecule has 0 aliphatic heterocycles. The minimum absolute atomic E-state index is 0.544. The quantitative estimate of drug-likeness (QED) is 0.851. The molecule has 1 heterocycles. The van der Waals surface area contributed by atoms with Crippen molar-refractivity contribution < 1.29 is 0 Å². The Morgan fingerprint density at radius 2 is 2.00 bits per heavy atom. The van der Waals surface area contributed by atoms with Crippen molar-refractivity contribution in [2.75, 3.05) is 11.9 Å². The standard InChI is InChI=1S/C12H11Cl2N3S/c1-2-15-11-6-12(17-7-16-11)18-8-3-4-9(13)10(14)5-8/h3-7H,2H2,1H3,(H,15,16,17). The molecule has 1 aromatic carbocycles. The summed E-state index contributed by atoms with van der Waals surface area (Å²) >= 11 is 13.4. The largest absolute Gasteiger partial charge is 0.370 e. The summed E-state index contributed by atoms with van der Waals surface area (Å²) in [7, 11) is 0. The third-order valence-electron chi connectivity index (χ3n) is 2.11. The highest BCUT2D eigenvalue weighted by molar-refractivity contribution is 7.99. The average Bonchev–Trinajstić information content (AvgIpc) is 2.35. The number of nitrogens with one attached hydrogen (secondary N) is 1. The molecule has 2 rings (SSSR count). The van der Waals surface area contributed by atoms with E-state index >= 15 is 0 Å². The van der Waals surface area contributed by atoms with Crippen LogP contribution in [0.3, 0.4) is 0 Å². The molecule has 0 spiro atoms. The van der Waals surface area contributed by atoms with E-state index in [0.717, 1.165) is 22.3 Å². The number of hydrogen-bond donors (Lipinski definition) is 1. The second-order valence-corrected chi connectivity index (χ2v) is 5.36. The molecule has 1 aromatic heterocycles. The molecule has 0 radical (unpaired) electrons. The molecule has 18 heavy (non-hydrogen) atoms. The van der Waals surface area contributed by atoms with Gasteiger partial charge in [-0.15, -0.1) is 0 Å². The zero-order valence-corrected chi connectivity index (χ0v) is 12.0. The SMILES string of the molecule is CCNc1cc(Sc2ccc(Cl)c(Cl)c2)ncn1. The zero-order valence-electron chi connectivity index (χ0n) is 9.65. The zero-order chi connectivity index (χ0) is 13.0. The average molecular weight is 300 g/mol. The van der Waals surface area contributed by atoms with Gasteiger partial charge in [-0.05, 0) is 25.1 Å². The Kier molecular flexibility index (Phi) is 4.69. The van der Waals surface area contributed by atoms with E-state index in [1.54, 1.807) is 6.07 Å². The highest BCUT2D eigenvalue weighted by Gasteiger charge is 2.04.